The molecule has 0 aromatic heterocycles. The number of hydrogen-bond donors (Lipinski definition) is 2. The lowest BCUT2D eigenvalue weighted by atomic mass is 10.3. The number of rotatable bonds is 4. The molecule has 100 valence electrons. The second-order valence-corrected chi connectivity index (χ2v) is 3.96. The van der Waals surface area contributed by atoms with Crippen LogP contribution in [0.5, 0.6) is 0 Å². The van der Waals surface area contributed by atoms with E-state index in [2.05, 4.69) is 5.32 Å². The van der Waals surface area contributed by atoms with E-state index in [0.29, 0.717) is 39.3 Å². The first kappa shape index (κ1) is 14.0. The molecule has 2 N–H and O–H groups in total. The predicted molar refractivity (Wildman–Crippen MR) is 55.0 cm³/mol. The van der Waals surface area contributed by atoms with Gasteiger partial charge in [0.1, 0.15) is 0 Å². The Kier molecular flexibility index (Phi) is 5.01. The molecule has 1 rings (SSSR count). The summed E-state index contributed by atoms with van der Waals surface area (Å²) in [7, 11) is 0. The van der Waals surface area contributed by atoms with Crippen LogP contribution in [0.2, 0.25) is 0 Å². The van der Waals surface area contributed by atoms with E-state index < -0.39 is 18.8 Å². The van der Waals surface area contributed by atoms with Crippen LogP contribution in [0.4, 0.5) is 18.0 Å². The monoisotopic (exact) mass is 255 g/mol. The molecule has 1 aliphatic rings. The van der Waals surface area contributed by atoms with E-state index in [-0.39, 0.29) is 0 Å². The summed E-state index contributed by atoms with van der Waals surface area (Å²) in [5.74, 6) is 0. The Balaban J connectivity index is 2.15. The lowest BCUT2D eigenvalue weighted by Gasteiger charge is -2.34. The molecule has 0 spiro atoms. The predicted octanol–water partition coefficient (Wildman–Crippen LogP) is 0.434. The summed E-state index contributed by atoms with van der Waals surface area (Å²) in [4.78, 5) is 13.5. The third-order valence-corrected chi connectivity index (χ3v) is 2.57. The fraction of sp³-hybridized carbons (Fsp3) is 0.889. The summed E-state index contributed by atoms with van der Waals surface area (Å²) >= 11 is 0. The van der Waals surface area contributed by atoms with Crippen molar-refractivity contribution in [3.8, 4) is 0 Å². The van der Waals surface area contributed by atoms with E-state index in [1.807, 2.05) is 4.90 Å². The van der Waals surface area contributed by atoms with Crippen molar-refractivity contribution in [2.24, 2.45) is 0 Å². The molecule has 1 fully saturated rings. The number of carbonyl (C=O) groups is 1. The zero-order valence-corrected chi connectivity index (χ0v) is 9.33. The molecule has 17 heavy (non-hydrogen) atoms. The number of amides is 1. The van der Waals surface area contributed by atoms with E-state index in [9.17, 15) is 18.0 Å². The largest absolute Gasteiger partial charge is 0.465 e. The molecule has 0 atom stereocenters. The normalized spacial score (nSPS) is 19.2. The van der Waals surface area contributed by atoms with Crippen LogP contribution >= 0.6 is 0 Å². The minimum atomic E-state index is -4.15. The highest BCUT2D eigenvalue weighted by atomic mass is 19.4. The highest BCUT2D eigenvalue weighted by molar-refractivity contribution is 5.64. The third kappa shape index (κ3) is 6.32. The second-order valence-electron chi connectivity index (χ2n) is 3.96. The quantitative estimate of drug-likeness (QED) is 0.765. The molecule has 1 aliphatic heterocycles. The molecule has 5 nitrogen and oxygen atoms in total. The van der Waals surface area contributed by atoms with Gasteiger partial charge in [-0.3, -0.25) is 9.80 Å². The van der Waals surface area contributed by atoms with Gasteiger partial charge in [-0.2, -0.15) is 13.2 Å². The lowest BCUT2D eigenvalue weighted by molar-refractivity contribution is -0.149. The van der Waals surface area contributed by atoms with Crippen molar-refractivity contribution in [3.05, 3.63) is 0 Å². The second kappa shape index (κ2) is 6.06. The summed E-state index contributed by atoms with van der Waals surface area (Å²) < 4.78 is 36.3. The van der Waals surface area contributed by atoms with Gasteiger partial charge in [-0.15, -0.1) is 0 Å². The molecule has 0 radical (unpaired) electrons. The lowest BCUT2D eigenvalue weighted by Crippen LogP contribution is -2.50. The smallest absolute Gasteiger partial charge is 0.404 e. The Labute approximate surface area is 97.2 Å². The zero-order valence-electron chi connectivity index (χ0n) is 9.33. The van der Waals surface area contributed by atoms with Gasteiger partial charge in [0, 0.05) is 39.3 Å². The van der Waals surface area contributed by atoms with E-state index in [1.54, 1.807) is 0 Å². The molecule has 0 aliphatic carbocycles. The van der Waals surface area contributed by atoms with Crippen LogP contribution < -0.4 is 5.32 Å². The number of carboxylic acid groups (broad SMARTS) is 1. The maximum absolute atomic E-state index is 12.1. The van der Waals surface area contributed by atoms with Crippen LogP contribution in [0.25, 0.3) is 0 Å². The standard InChI is InChI=1S/C9H16F3N3O2/c10-9(11,12)7-15-5-3-14(4-6-15)2-1-13-8(16)17/h13H,1-7H2,(H,16,17). The van der Waals surface area contributed by atoms with Gasteiger partial charge in [0.05, 0.1) is 6.54 Å². The van der Waals surface area contributed by atoms with Crippen molar-refractivity contribution in [3.63, 3.8) is 0 Å². The van der Waals surface area contributed by atoms with Crippen molar-refractivity contribution >= 4 is 6.09 Å². The highest BCUT2D eigenvalue weighted by Crippen LogP contribution is 2.17. The molecule has 0 aromatic rings. The fourth-order valence-corrected chi connectivity index (χ4v) is 1.75. The van der Waals surface area contributed by atoms with Gasteiger partial charge in [-0.1, -0.05) is 0 Å². The Bertz CT molecular complexity index is 252. The Morgan fingerprint density at radius 2 is 1.71 bits per heavy atom. The third-order valence-electron chi connectivity index (χ3n) is 2.57. The molecule has 0 unspecified atom stereocenters. The minimum Gasteiger partial charge on any atom is -0.465 e. The summed E-state index contributed by atoms with van der Waals surface area (Å²) in [5.41, 5.74) is 0. The molecular formula is C9H16F3N3O2. The van der Waals surface area contributed by atoms with Gasteiger partial charge in [0.25, 0.3) is 0 Å². The van der Waals surface area contributed by atoms with Gasteiger partial charge in [0.15, 0.2) is 0 Å². The van der Waals surface area contributed by atoms with Crippen LogP contribution in [0.1, 0.15) is 0 Å². The molecular weight excluding hydrogens is 239 g/mol. The van der Waals surface area contributed by atoms with E-state index >= 15 is 0 Å². The Morgan fingerprint density at radius 3 is 2.18 bits per heavy atom. The number of nitrogens with zero attached hydrogens (tertiary/aromatic N) is 2. The van der Waals surface area contributed by atoms with Crippen LogP contribution in [0.15, 0.2) is 0 Å². The first-order valence-electron chi connectivity index (χ1n) is 5.35. The zero-order chi connectivity index (χ0) is 12.9. The first-order chi connectivity index (χ1) is 7.87. The molecule has 0 saturated carbocycles. The number of alkyl halides is 3. The van der Waals surface area contributed by atoms with Gasteiger partial charge in [-0.05, 0) is 0 Å². The summed E-state index contributed by atoms with van der Waals surface area (Å²) in [6.45, 7) is 1.78. The average molecular weight is 255 g/mol. The van der Waals surface area contributed by atoms with Crippen molar-refractivity contribution in [2.75, 3.05) is 45.8 Å². The van der Waals surface area contributed by atoms with Gasteiger partial charge in [-0.25, -0.2) is 4.79 Å². The average Bonchev–Trinajstić information content (AvgIpc) is 2.18. The molecule has 1 heterocycles. The van der Waals surface area contributed by atoms with Gasteiger partial charge >= 0.3 is 12.3 Å². The summed E-state index contributed by atoms with van der Waals surface area (Å²) in [6, 6.07) is 0. The SMILES string of the molecule is O=C(O)NCCN1CCN(CC(F)(F)F)CC1. The van der Waals surface area contributed by atoms with Crippen molar-refractivity contribution in [1.29, 1.82) is 0 Å². The topological polar surface area (TPSA) is 55.8 Å². The van der Waals surface area contributed by atoms with Crippen molar-refractivity contribution in [1.82, 2.24) is 15.1 Å². The Hall–Kier alpha value is -1.02. The maximum atomic E-state index is 12.1. The van der Waals surface area contributed by atoms with Crippen molar-refractivity contribution < 1.29 is 23.1 Å². The van der Waals surface area contributed by atoms with Crippen LogP contribution in [0.3, 0.4) is 0 Å². The van der Waals surface area contributed by atoms with Crippen LogP contribution in [0, 0.1) is 0 Å². The van der Waals surface area contributed by atoms with Crippen molar-refractivity contribution in [2.45, 2.75) is 6.18 Å². The molecule has 8 heteroatoms. The van der Waals surface area contributed by atoms with Gasteiger partial charge < -0.3 is 10.4 Å². The number of nitrogens with one attached hydrogen (secondary N) is 1. The highest BCUT2D eigenvalue weighted by Gasteiger charge is 2.31. The molecule has 1 amide bonds. The summed E-state index contributed by atoms with van der Waals surface area (Å²) in [6.07, 6.45) is -5.23. The van der Waals surface area contributed by atoms with Gasteiger partial charge in [0.2, 0.25) is 0 Å². The molecule has 0 aromatic carbocycles. The van der Waals surface area contributed by atoms with Crippen LogP contribution in [-0.4, -0.2) is 73.0 Å². The maximum Gasteiger partial charge on any atom is 0.404 e. The van der Waals surface area contributed by atoms with E-state index in [0.717, 1.165) is 0 Å². The van der Waals surface area contributed by atoms with E-state index in [1.165, 1.54) is 4.90 Å². The van der Waals surface area contributed by atoms with Crippen LogP contribution in [-0.2, 0) is 0 Å². The first-order valence-corrected chi connectivity index (χ1v) is 5.35. The number of halogens is 3. The number of hydrogen-bond acceptors (Lipinski definition) is 3. The fourth-order valence-electron chi connectivity index (χ4n) is 1.75. The molecule has 1 saturated heterocycles. The Morgan fingerprint density at radius 1 is 1.18 bits per heavy atom. The molecule has 0 bridgehead atoms. The van der Waals surface area contributed by atoms with E-state index in [4.69, 9.17) is 5.11 Å². The minimum absolute atomic E-state index is 0.300. The number of piperazine rings is 1. The summed E-state index contributed by atoms with van der Waals surface area (Å²) in [5, 5.41) is 10.6.